The second-order valence-corrected chi connectivity index (χ2v) is 4.09. The maximum atomic E-state index is 11.6. The summed E-state index contributed by atoms with van der Waals surface area (Å²) in [5, 5.41) is 1.27. The molecule has 0 aromatic heterocycles. The maximum absolute atomic E-state index is 11.6. The van der Waals surface area contributed by atoms with E-state index in [4.69, 9.17) is 5.73 Å². The van der Waals surface area contributed by atoms with Gasteiger partial charge in [0.1, 0.15) is 6.04 Å². The number of nitrogens with zero attached hydrogens (tertiary/aromatic N) is 1. The fourth-order valence-electron chi connectivity index (χ4n) is 1.75. The average Bonchev–Trinajstić information content (AvgIpc) is 2.40. The molecule has 1 saturated heterocycles. The van der Waals surface area contributed by atoms with Gasteiger partial charge in [-0.3, -0.25) is 29.6 Å². The molecule has 0 radical (unpaired) electrons. The lowest BCUT2D eigenvalue weighted by molar-refractivity contribution is -0.147. The first-order chi connectivity index (χ1) is 8.91. The Labute approximate surface area is 108 Å². The Bertz CT molecular complexity index is 579. The van der Waals surface area contributed by atoms with Gasteiger partial charge in [-0.1, -0.05) is 0 Å². The van der Waals surface area contributed by atoms with Crippen molar-refractivity contribution in [1.82, 2.24) is 5.43 Å². The third-order valence-corrected chi connectivity index (χ3v) is 2.85. The SMILES string of the molecule is CC1C(=O)C(=O)C(=O)NN1c1ccc(C(N)=O)cc1. The van der Waals surface area contributed by atoms with Crippen LogP contribution in [-0.4, -0.2) is 29.4 Å². The molecule has 7 heteroatoms. The lowest BCUT2D eigenvalue weighted by Crippen LogP contribution is -2.61. The number of hydrogen-bond acceptors (Lipinski definition) is 5. The highest BCUT2D eigenvalue weighted by atomic mass is 16.2. The Hall–Kier alpha value is -2.70. The number of nitrogens with one attached hydrogen (secondary N) is 1. The standard InChI is InChI=1S/C12H11N3O4/c1-6-9(16)10(17)12(19)14-15(6)8-4-2-7(3-5-8)11(13)18/h2-6H,1H3,(H2,13,18)(H,14,19). The molecule has 1 aliphatic rings. The number of nitrogens with two attached hydrogens (primary N) is 1. The predicted octanol–water partition coefficient (Wildman–Crippen LogP) is -0.837. The van der Waals surface area contributed by atoms with Crippen molar-refractivity contribution in [3.8, 4) is 0 Å². The molecule has 1 heterocycles. The van der Waals surface area contributed by atoms with Crippen LogP contribution in [0.25, 0.3) is 0 Å². The molecule has 1 aliphatic heterocycles. The van der Waals surface area contributed by atoms with E-state index in [0.717, 1.165) is 0 Å². The van der Waals surface area contributed by atoms with Gasteiger partial charge in [-0.2, -0.15) is 0 Å². The summed E-state index contributed by atoms with van der Waals surface area (Å²) in [7, 11) is 0. The van der Waals surface area contributed by atoms with Crippen molar-refractivity contribution < 1.29 is 19.2 Å². The average molecular weight is 261 g/mol. The lowest BCUT2D eigenvalue weighted by atomic mass is 10.1. The summed E-state index contributed by atoms with van der Waals surface area (Å²) < 4.78 is 0. The molecule has 1 atom stereocenters. The van der Waals surface area contributed by atoms with Gasteiger partial charge in [0.15, 0.2) is 0 Å². The van der Waals surface area contributed by atoms with Crippen molar-refractivity contribution in [1.29, 1.82) is 0 Å². The Morgan fingerprint density at radius 2 is 1.79 bits per heavy atom. The minimum absolute atomic E-state index is 0.308. The highest BCUT2D eigenvalue weighted by Crippen LogP contribution is 2.18. The summed E-state index contributed by atoms with van der Waals surface area (Å²) in [6.07, 6.45) is 0. The molecule has 0 aliphatic carbocycles. The van der Waals surface area contributed by atoms with E-state index in [0.29, 0.717) is 11.3 Å². The molecule has 19 heavy (non-hydrogen) atoms. The zero-order valence-corrected chi connectivity index (χ0v) is 10.0. The molecule has 1 unspecified atom stereocenters. The third-order valence-electron chi connectivity index (χ3n) is 2.85. The number of hydrogen-bond donors (Lipinski definition) is 2. The molecule has 98 valence electrons. The normalized spacial score (nSPS) is 19.3. The van der Waals surface area contributed by atoms with Crippen molar-refractivity contribution in [3.05, 3.63) is 29.8 Å². The molecule has 0 bridgehead atoms. The molecular weight excluding hydrogens is 250 g/mol. The topological polar surface area (TPSA) is 110 Å². The van der Waals surface area contributed by atoms with Gasteiger partial charge >= 0.3 is 5.91 Å². The van der Waals surface area contributed by atoms with Crippen LogP contribution in [0, 0.1) is 0 Å². The predicted molar refractivity (Wildman–Crippen MR) is 65.1 cm³/mol. The van der Waals surface area contributed by atoms with Gasteiger partial charge in [-0.15, -0.1) is 0 Å². The van der Waals surface area contributed by atoms with Gasteiger partial charge in [0, 0.05) is 5.56 Å². The molecule has 7 nitrogen and oxygen atoms in total. The monoisotopic (exact) mass is 261 g/mol. The molecule has 1 aromatic carbocycles. The molecule has 3 N–H and O–H groups in total. The maximum Gasteiger partial charge on any atom is 0.314 e. The number of carbonyl (C=O) groups excluding carboxylic acids is 4. The third kappa shape index (κ3) is 2.17. The van der Waals surface area contributed by atoms with Gasteiger partial charge in [0.25, 0.3) is 5.78 Å². The Balaban J connectivity index is 2.31. The number of hydrazine groups is 1. The van der Waals surface area contributed by atoms with Crippen LogP contribution < -0.4 is 16.2 Å². The van der Waals surface area contributed by atoms with E-state index >= 15 is 0 Å². The van der Waals surface area contributed by atoms with Crippen molar-refractivity contribution in [2.75, 3.05) is 5.01 Å². The molecular formula is C12H11N3O4. The van der Waals surface area contributed by atoms with Crippen LogP contribution in [0.4, 0.5) is 5.69 Å². The summed E-state index contributed by atoms with van der Waals surface area (Å²) in [4.78, 5) is 45.0. The van der Waals surface area contributed by atoms with Crippen molar-refractivity contribution >= 4 is 29.1 Å². The Morgan fingerprint density at radius 1 is 1.21 bits per heavy atom. The van der Waals surface area contributed by atoms with Gasteiger partial charge in [0.2, 0.25) is 11.7 Å². The summed E-state index contributed by atoms with van der Waals surface area (Å²) in [6, 6.07) is 5.19. The number of benzene rings is 1. The molecule has 2 amide bonds. The molecule has 2 rings (SSSR count). The minimum atomic E-state index is -1.06. The van der Waals surface area contributed by atoms with Gasteiger partial charge in [-0.05, 0) is 31.2 Å². The molecule has 0 spiro atoms. The Kier molecular flexibility index (Phi) is 3.04. The number of carbonyl (C=O) groups is 4. The largest absolute Gasteiger partial charge is 0.366 e. The second kappa shape index (κ2) is 4.52. The zero-order valence-electron chi connectivity index (χ0n) is 10.0. The van der Waals surface area contributed by atoms with E-state index in [9.17, 15) is 19.2 Å². The van der Waals surface area contributed by atoms with E-state index in [1.54, 1.807) is 0 Å². The van der Waals surface area contributed by atoms with E-state index in [-0.39, 0.29) is 0 Å². The van der Waals surface area contributed by atoms with Crippen LogP contribution in [0.15, 0.2) is 24.3 Å². The lowest BCUT2D eigenvalue weighted by Gasteiger charge is -2.33. The molecule has 0 saturated carbocycles. The van der Waals surface area contributed by atoms with Crippen LogP contribution in [0.5, 0.6) is 0 Å². The van der Waals surface area contributed by atoms with Crippen molar-refractivity contribution in [3.63, 3.8) is 0 Å². The van der Waals surface area contributed by atoms with Gasteiger partial charge in [0.05, 0.1) is 5.69 Å². The van der Waals surface area contributed by atoms with Crippen LogP contribution in [-0.2, 0) is 14.4 Å². The first kappa shape index (κ1) is 12.7. The first-order valence-corrected chi connectivity index (χ1v) is 5.50. The Morgan fingerprint density at radius 3 is 2.32 bits per heavy atom. The van der Waals surface area contributed by atoms with E-state index in [1.165, 1.54) is 36.2 Å². The fourth-order valence-corrected chi connectivity index (χ4v) is 1.75. The smallest absolute Gasteiger partial charge is 0.314 e. The van der Waals surface area contributed by atoms with Crippen molar-refractivity contribution in [2.45, 2.75) is 13.0 Å². The van der Waals surface area contributed by atoms with E-state index in [1.807, 2.05) is 0 Å². The van der Waals surface area contributed by atoms with Crippen LogP contribution >= 0.6 is 0 Å². The summed E-state index contributed by atoms with van der Waals surface area (Å²) >= 11 is 0. The zero-order chi connectivity index (χ0) is 14.2. The summed E-state index contributed by atoms with van der Waals surface area (Å²) in [6.45, 7) is 1.50. The van der Waals surface area contributed by atoms with Crippen LogP contribution in [0.2, 0.25) is 0 Å². The number of Topliss-reactive ketones (excluding diaryl/α,β-unsaturated/α-hetero) is 2. The van der Waals surface area contributed by atoms with E-state index < -0.39 is 29.4 Å². The highest BCUT2D eigenvalue weighted by Gasteiger charge is 2.38. The quantitative estimate of drug-likeness (QED) is 0.675. The van der Waals surface area contributed by atoms with Gasteiger partial charge < -0.3 is 5.73 Å². The number of anilines is 1. The first-order valence-electron chi connectivity index (χ1n) is 5.50. The molecule has 1 fully saturated rings. The fraction of sp³-hybridized carbons (Fsp3) is 0.167. The number of primary amides is 1. The van der Waals surface area contributed by atoms with Crippen LogP contribution in [0.1, 0.15) is 17.3 Å². The number of rotatable bonds is 2. The van der Waals surface area contributed by atoms with E-state index in [2.05, 4.69) is 5.43 Å². The summed E-state index contributed by atoms with van der Waals surface area (Å²) in [5.41, 5.74) is 8.22. The van der Waals surface area contributed by atoms with Crippen LogP contribution in [0.3, 0.4) is 0 Å². The summed E-state index contributed by atoms with van der Waals surface area (Å²) in [5.74, 6) is -3.38. The van der Waals surface area contributed by atoms with Gasteiger partial charge in [-0.25, -0.2) is 0 Å². The van der Waals surface area contributed by atoms with Crippen molar-refractivity contribution in [2.24, 2.45) is 5.73 Å². The molecule has 1 aromatic rings. The minimum Gasteiger partial charge on any atom is -0.366 e. The second-order valence-electron chi connectivity index (χ2n) is 4.09. The highest BCUT2D eigenvalue weighted by molar-refractivity contribution is 6.65. The number of amides is 2. The number of ketones is 2.